The van der Waals surface area contributed by atoms with E-state index < -0.39 is 23.8 Å². The lowest BCUT2D eigenvalue weighted by molar-refractivity contribution is -0.155. The maximum absolute atomic E-state index is 12.7. The van der Waals surface area contributed by atoms with Gasteiger partial charge in [-0.05, 0) is 19.3 Å². The molecule has 0 aromatic carbocycles. The Bertz CT molecular complexity index is 400. The van der Waals surface area contributed by atoms with Crippen LogP contribution in [0.25, 0.3) is 0 Å². The number of carbonyl (C=O) groups excluding carboxylic acids is 2. The van der Waals surface area contributed by atoms with Gasteiger partial charge in [0.15, 0.2) is 0 Å². The van der Waals surface area contributed by atoms with Crippen molar-refractivity contribution >= 4 is 17.8 Å². The first kappa shape index (κ1) is 14.8. The number of aliphatic carboxylic acids is 1. The Kier molecular flexibility index (Phi) is 4.62. The van der Waals surface area contributed by atoms with E-state index in [1.807, 2.05) is 6.92 Å². The van der Waals surface area contributed by atoms with Crippen molar-refractivity contribution in [3.8, 4) is 0 Å². The number of carbonyl (C=O) groups is 3. The van der Waals surface area contributed by atoms with E-state index in [2.05, 4.69) is 5.32 Å². The summed E-state index contributed by atoms with van der Waals surface area (Å²) >= 11 is 0. The molecule has 0 spiro atoms. The van der Waals surface area contributed by atoms with Gasteiger partial charge in [-0.2, -0.15) is 0 Å². The molecule has 2 rings (SSSR count). The number of amides is 2. The normalized spacial score (nSPS) is 30.8. The molecule has 0 aromatic heterocycles. The average molecular weight is 282 g/mol. The highest BCUT2D eigenvalue weighted by Crippen LogP contribution is 2.32. The molecule has 0 bridgehead atoms. The molecule has 1 unspecified atom stereocenters. The van der Waals surface area contributed by atoms with Gasteiger partial charge in [-0.25, -0.2) is 0 Å². The molecule has 2 aliphatic rings. The van der Waals surface area contributed by atoms with Gasteiger partial charge >= 0.3 is 5.97 Å². The highest BCUT2D eigenvalue weighted by molar-refractivity contribution is 5.91. The van der Waals surface area contributed by atoms with Crippen molar-refractivity contribution in [2.75, 3.05) is 13.1 Å². The number of rotatable bonds is 3. The van der Waals surface area contributed by atoms with Crippen molar-refractivity contribution in [3.05, 3.63) is 0 Å². The Labute approximate surface area is 118 Å². The number of hydrogen-bond acceptors (Lipinski definition) is 3. The van der Waals surface area contributed by atoms with Crippen molar-refractivity contribution < 1.29 is 19.5 Å². The first-order chi connectivity index (χ1) is 9.56. The summed E-state index contributed by atoms with van der Waals surface area (Å²) < 4.78 is 0. The lowest BCUT2D eigenvalue weighted by Gasteiger charge is -2.39. The third kappa shape index (κ3) is 2.78. The molecule has 3 atom stereocenters. The van der Waals surface area contributed by atoms with Gasteiger partial charge in [-0.3, -0.25) is 14.4 Å². The minimum absolute atomic E-state index is 0.130. The van der Waals surface area contributed by atoms with Crippen LogP contribution in [0.3, 0.4) is 0 Å². The minimum atomic E-state index is -0.891. The Morgan fingerprint density at radius 2 is 1.95 bits per heavy atom. The molecule has 20 heavy (non-hydrogen) atoms. The van der Waals surface area contributed by atoms with Crippen LogP contribution in [0.4, 0.5) is 0 Å². The molecule has 1 saturated heterocycles. The van der Waals surface area contributed by atoms with Gasteiger partial charge in [-0.1, -0.05) is 19.8 Å². The van der Waals surface area contributed by atoms with Gasteiger partial charge in [0.1, 0.15) is 6.04 Å². The van der Waals surface area contributed by atoms with Gasteiger partial charge < -0.3 is 15.3 Å². The smallest absolute Gasteiger partial charge is 0.307 e. The summed E-state index contributed by atoms with van der Waals surface area (Å²) in [6, 6.07) is -0.451. The van der Waals surface area contributed by atoms with Crippen LogP contribution in [0.1, 0.15) is 39.0 Å². The maximum Gasteiger partial charge on any atom is 0.307 e. The molecule has 6 heteroatoms. The number of piperazine rings is 1. The second-order valence-electron chi connectivity index (χ2n) is 5.58. The molecule has 2 amide bonds. The summed E-state index contributed by atoms with van der Waals surface area (Å²) in [5, 5.41) is 12.0. The number of hydrogen-bond donors (Lipinski definition) is 2. The second kappa shape index (κ2) is 6.24. The summed E-state index contributed by atoms with van der Waals surface area (Å²) in [4.78, 5) is 37.4. The van der Waals surface area contributed by atoms with Crippen LogP contribution < -0.4 is 5.32 Å². The van der Waals surface area contributed by atoms with E-state index in [0.717, 1.165) is 12.8 Å². The maximum atomic E-state index is 12.7. The van der Waals surface area contributed by atoms with Crippen LogP contribution in [0.2, 0.25) is 0 Å². The Morgan fingerprint density at radius 3 is 2.55 bits per heavy atom. The fourth-order valence-electron chi connectivity index (χ4n) is 3.32. The first-order valence-corrected chi connectivity index (χ1v) is 7.37. The van der Waals surface area contributed by atoms with Crippen molar-refractivity contribution in [1.29, 1.82) is 0 Å². The Morgan fingerprint density at radius 1 is 1.30 bits per heavy atom. The Balaban J connectivity index is 2.15. The summed E-state index contributed by atoms with van der Waals surface area (Å²) in [6.45, 7) is 2.79. The standard InChI is InChI=1S/C14H22N2O4/c1-2-11-12(17)15-7-8-16(11)13(18)9-5-3-4-6-10(9)14(19)20/h9-11H,2-8H2,1H3,(H,15,17)(H,19,20)/t9-,10+,11?/m1/s1. The molecule has 1 heterocycles. The monoisotopic (exact) mass is 282 g/mol. The van der Waals surface area contributed by atoms with Crippen molar-refractivity contribution in [2.45, 2.75) is 45.1 Å². The van der Waals surface area contributed by atoms with Crippen LogP contribution in [-0.2, 0) is 14.4 Å². The zero-order chi connectivity index (χ0) is 14.7. The van der Waals surface area contributed by atoms with Gasteiger partial charge in [0, 0.05) is 13.1 Å². The Hall–Kier alpha value is -1.59. The molecule has 1 aliphatic carbocycles. The van der Waals surface area contributed by atoms with Crippen molar-refractivity contribution in [1.82, 2.24) is 10.2 Å². The molecular formula is C14H22N2O4. The zero-order valence-corrected chi connectivity index (χ0v) is 11.8. The molecule has 2 N–H and O–H groups in total. The molecule has 6 nitrogen and oxygen atoms in total. The number of nitrogens with zero attached hydrogens (tertiary/aromatic N) is 1. The van der Waals surface area contributed by atoms with E-state index in [9.17, 15) is 19.5 Å². The lowest BCUT2D eigenvalue weighted by Crippen LogP contribution is -2.59. The largest absolute Gasteiger partial charge is 0.481 e. The van der Waals surface area contributed by atoms with Crippen LogP contribution in [-0.4, -0.2) is 46.9 Å². The molecule has 2 fully saturated rings. The third-order valence-corrected chi connectivity index (χ3v) is 4.40. The number of carboxylic acid groups (broad SMARTS) is 1. The van der Waals surface area contributed by atoms with Gasteiger partial charge in [0.05, 0.1) is 11.8 Å². The molecule has 0 radical (unpaired) electrons. The molecule has 0 aromatic rings. The molecule has 1 aliphatic heterocycles. The average Bonchev–Trinajstić information content (AvgIpc) is 2.46. The van der Waals surface area contributed by atoms with Crippen molar-refractivity contribution in [3.63, 3.8) is 0 Å². The van der Waals surface area contributed by atoms with E-state index in [4.69, 9.17) is 0 Å². The second-order valence-corrected chi connectivity index (χ2v) is 5.58. The van der Waals surface area contributed by atoms with Crippen LogP contribution in [0.15, 0.2) is 0 Å². The van der Waals surface area contributed by atoms with E-state index >= 15 is 0 Å². The summed E-state index contributed by atoms with van der Waals surface area (Å²) in [7, 11) is 0. The predicted octanol–water partition coefficient (Wildman–Crippen LogP) is 0.614. The first-order valence-electron chi connectivity index (χ1n) is 7.37. The van der Waals surface area contributed by atoms with E-state index in [0.29, 0.717) is 32.4 Å². The fourth-order valence-corrected chi connectivity index (χ4v) is 3.32. The minimum Gasteiger partial charge on any atom is -0.481 e. The van der Waals surface area contributed by atoms with Crippen LogP contribution in [0.5, 0.6) is 0 Å². The number of carboxylic acids is 1. The summed E-state index contributed by atoms with van der Waals surface area (Å²) in [6.07, 6.45) is 3.48. The highest BCUT2D eigenvalue weighted by Gasteiger charge is 2.41. The zero-order valence-electron chi connectivity index (χ0n) is 11.8. The van der Waals surface area contributed by atoms with E-state index in [1.165, 1.54) is 0 Å². The van der Waals surface area contributed by atoms with E-state index in [1.54, 1.807) is 4.90 Å². The summed E-state index contributed by atoms with van der Waals surface area (Å²) in [5.41, 5.74) is 0. The quantitative estimate of drug-likeness (QED) is 0.794. The molecule has 1 saturated carbocycles. The van der Waals surface area contributed by atoms with Crippen LogP contribution >= 0.6 is 0 Å². The lowest BCUT2D eigenvalue weighted by atomic mass is 9.78. The van der Waals surface area contributed by atoms with Gasteiger partial charge in [0.25, 0.3) is 0 Å². The predicted molar refractivity (Wildman–Crippen MR) is 71.9 cm³/mol. The molecular weight excluding hydrogens is 260 g/mol. The summed E-state index contributed by atoms with van der Waals surface area (Å²) in [5.74, 6) is -2.24. The fraction of sp³-hybridized carbons (Fsp3) is 0.786. The SMILES string of the molecule is CCC1C(=O)NCCN1C(=O)[C@@H]1CCCC[C@@H]1C(=O)O. The van der Waals surface area contributed by atoms with Crippen LogP contribution in [0, 0.1) is 11.8 Å². The topological polar surface area (TPSA) is 86.7 Å². The number of nitrogens with one attached hydrogen (secondary N) is 1. The van der Waals surface area contributed by atoms with Gasteiger partial charge in [0.2, 0.25) is 11.8 Å². The van der Waals surface area contributed by atoms with Crippen molar-refractivity contribution in [2.24, 2.45) is 11.8 Å². The van der Waals surface area contributed by atoms with Gasteiger partial charge in [-0.15, -0.1) is 0 Å². The molecule has 112 valence electrons. The third-order valence-electron chi connectivity index (χ3n) is 4.40. The highest BCUT2D eigenvalue weighted by atomic mass is 16.4. The van der Waals surface area contributed by atoms with E-state index in [-0.39, 0.29) is 11.8 Å².